The zero-order valence-electron chi connectivity index (χ0n) is 4.73. The van der Waals surface area contributed by atoms with Crippen LogP contribution in [0.3, 0.4) is 0 Å². The Balaban J connectivity index is 3.88. The second-order valence-electron chi connectivity index (χ2n) is 1.34. The van der Waals surface area contributed by atoms with E-state index in [1.54, 1.807) is 0 Å². The van der Waals surface area contributed by atoms with E-state index in [-0.39, 0.29) is 5.88 Å². The Hall–Kier alpha value is -0.640. The number of hydrogen-bond donors (Lipinski definition) is 0. The van der Waals surface area contributed by atoms with E-state index >= 15 is 0 Å². The Morgan fingerprint density at radius 1 is 1.67 bits per heavy atom. The van der Waals surface area contributed by atoms with Crippen LogP contribution in [0.15, 0.2) is 0 Å². The fourth-order valence-electron chi connectivity index (χ4n) is 0.188. The summed E-state index contributed by atoms with van der Waals surface area (Å²) in [7, 11) is 1.02. The fourth-order valence-corrected chi connectivity index (χ4v) is 0.367. The van der Waals surface area contributed by atoms with Gasteiger partial charge in [0.1, 0.15) is 5.88 Å². The van der Waals surface area contributed by atoms with Crippen molar-refractivity contribution in [2.45, 2.75) is 0 Å². The average molecular weight is 154 g/mol. The number of amides is 2. The van der Waals surface area contributed by atoms with E-state index in [0.717, 1.165) is 7.05 Å². The lowest BCUT2D eigenvalue weighted by Crippen LogP contribution is -2.30. The van der Waals surface area contributed by atoms with Crippen LogP contribution in [0.5, 0.6) is 0 Å². The maximum absolute atomic E-state index is 11.5. The lowest BCUT2D eigenvalue weighted by Gasteiger charge is -2.05. The molecule has 0 aliphatic heterocycles. The van der Waals surface area contributed by atoms with Gasteiger partial charge < -0.3 is 0 Å². The van der Waals surface area contributed by atoms with Gasteiger partial charge in [-0.15, -0.1) is 16.0 Å². The van der Waals surface area contributed by atoms with Crippen LogP contribution in [0.1, 0.15) is 0 Å². The highest BCUT2D eigenvalue weighted by Gasteiger charge is 2.13. The third-order valence-electron chi connectivity index (χ3n) is 0.752. The molecule has 0 bridgehead atoms. The van der Waals surface area contributed by atoms with Crippen molar-refractivity contribution in [3.8, 4) is 0 Å². The number of hydrogen-bond acceptors (Lipinski definition) is 2. The molecule has 0 atom stereocenters. The minimum absolute atomic E-state index is 0.312. The number of rotatable bonds is 1. The van der Waals surface area contributed by atoms with Crippen molar-refractivity contribution in [2.24, 2.45) is 0 Å². The summed E-state index contributed by atoms with van der Waals surface area (Å²) in [5.74, 6) is -1.13. The summed E-state index contributed by atoms with van der Waals surface area (Å²) in [6.07, 6.45) is -1.79. The van der Waals surface area contributed by atoms with Crippen LogP contribution < -0.4 is 0 Å². The molecule has 0 rings (SSSR count). The normalized spacial score (nSPS) is 8.78. The zero-order chi connectivity index (χ0) is 7.44. The molecule has 9 heavy (non-hydrogen) atoms. The molecule has 0 N–H and O–H groups in total. The Bertz CT molecular complexity index is 139. The summed E-state index contributed by atoms with van der Waals surface area (Å²) < 4.78 is 11.5. The van der Waals surface area contributed by atoms with Crippen LogP contribution in [0, 0.1) is 0 Å². The van der Waals surface area contributed by atoms with Gasteiger partial charge in [-0.1, -0.05) is 0 Å². The monoisotopic (exact) mass is 153 g/mol. The molecule has 0 radical (unpaired) electrons. The Morgan fingerprint density at radius 3 is 2.22 bits per heavy atom. The maximum Gasteiger partial charge on any atom is 0.406 e. The standard InChI is InChI=1S/C4H5ClFNO2/c1-7(4(6)9)3(8)2-5/h2H2,1H3. The van der Waals surface area contributed by atoms with Crippen LogP contribution in [0.25, 0.3) is 0 Å². The molecule has 0 aliphatic rings. The van der Waals surface area contributed by atoms with Crippen molar-refractivity contribution in [3.63, 3.8) is 0 Å². The largest absolute Gasteiger partial charge is 0.406 e. The molecule has 3 nitrogen and oxygen atoms in total. The van der Waals surface area contributed by atoms with Gasteiger partial charge in [0.15, 0.2) is 0 Å². The molecule has 2 amide bonds. The second-order valence-corrected chi connectivity index (χ2v) is 1.61. The summed E-state index contributed by atoms with van der Waals surface area (Å²) in [5.41, 5.74) is 0. The Morgan fingerprint density at radius 2 is 2.11 bits per heavy atom. The van der Waals surface area contributed by atoms with Gasteiger partial charge in [0.2, 0.25) is 5.91 Å². The highest BCUT2D eigenvalue weighted by Crippen LogP contribution is 1.90. The van der Waals surface area contributed by atoms with Crippen LogP contribution in [0.2, 0.25) is 0 Å². The van der Waals surface area contributed by atoms with Crippen molar-refractivity contribution >= 4 is 23.7 Å². The van der Waals surface area contributed by atoms with Crippen LogP contribution in [-0.4, -0.2) is 29.9 Å². The van der Waals surface area contributed by atoms with E-state index in [2.05, 4.69) is 0 Å². The quantitative estimate of drug-likeness (QED) is 0.317. The van der Waals surface area contributed by atoms with Crippen molar-refractivity contribution < 1.29 is 14.0 Å². The van der Waals surface area contributed by atoms with Crippen LogP contribution >= 0.6 is 11.6 Å². The SMILES string of the molecule is CN(C(=O)F)C(=O)CCl. The molecule has 0 aromatic heterocycles. The number of imide groups is 1. The third-order valence-corrected chi connectivity index (χ3v) is 0.981. The minimum atomic E-state index is -1.79. The van der Waals surface area contributed by atoms with Gasteiger partial charge in [-0.25, -0.2) is 4.79 Å². The summed E-state index contributed by atoms with van der Waals surface area (Å²) >= 11 is 4.98. The average Bonchev–Trinajstić information content (AvgIpc) is 1.84. The lowest BCUT2D eigenvalue weighted by molar-refractivity contribution is -0.124. The smallest absolute Gasteiger partial charge is 0.273 e. The van der Waals surface area contributed by atoms with Gasteiger partial charge in [0, 0.05) is 7.05 Å². The van der Waals surface area contributed by atoms with Crippen molar-refractivity contribution in [1.29, 1.82) is 0 Å². The topological polar surface area (TPSA) is 37.4 Å². The summed E-state index contributed by atoms with van der Waals surface area (Å²) in [6.45, 7) is 0. The molecule has 0 heterocycles. The van der Waals surface area contributed by atoms with E-state index in [1.165, 1.54) is 0 Å². The number of carbonyl (C=O) groups is 2. The Kier molecular flexibility index (Phi) is 3.16. The third kappa shape index (κ3) is 2.41. The molecule has 0 spiro atoms. The molecule has 0 aliphatic carbocycles. The molecule has 0 aromatic carbocycles. The number of nitrogens with zero attached hydrogens (tertiary/aromatic N) is 1. The first-order chi connectivity index (χ1) is 4.09. The van der Waals surface area contributed by atoms with Crippen LogP contribution in [0.4, 0.5) is 9.18 Å². The first-order valence-corrected chi connectivity index (χ1v) is 2.65. The van der Waals surface area contributed by atoms with Crippen LogP contribution in [-0.2, 0) is 4.79 Å². The highest BCUT2D eigenvalue weighted by molar-refractivity contribution is 6.28. The molecular formula is C4H5ClFNO2. The van der Waals surface area contributed by atoms with Crippen molar-refractivity contribution in [3.05, 3.63) is 0 Å². The minimum Gasteiger partial charge on any atom is -0.273 e. The predicted molar refractivity (Wildman–Crippen MR) is 30.0 cm³/mol. The predicted octanol–water partition coefficient (Wildman–Crippen LogP) is 0.773. The van der Waals surface area contributed by atoms with Crippen molar-refractivity contribution in [1.82, 2.24) is 4.90 Å². The molecule has 0 saturated heterocycles. The summed E-state index contributed by atoms with van der Waals surface area (Å²) in [4.78, 5) is 20.3. The second kappa shape index (κ2) is 3.40. The van der Waals surface area contributed by atoms with Crippen molar-refractivity contribution in [2.75, 3.05) is 12.9 Å². The zero-order valence-corrected chi connectivity index (χ0v) is 5.48. The lowest BCUT2D eigenvalue weighted by atomic mass is 10.6. The van der Waals surface area contributed by atoms with E-state index in [1.807, 2.05) is 0 Å². The van der Waals surface area contributed by atoms with Gasteiger partial charge in [0.05, 0.1) is 0 Å². The van der Waals surface area contributed by atoms with E-state index in [9.17, 15) is 14.0 Å². The van der Waals surface area contributed by atoms with Gasteiger partial charge >= 0.3 is 6.16 Å². The molecule has 0 saturated carbocycles. The molecule has 0 unspecified atom stereocenters. The highest BCUT2D eigenvalue weighted by atomic mass is 35.5. The van der Waals surface area contributed by atoms with Gasteiger partial charge in [-0.3, -0.25) is 9.69 Å². The summed E-state index contributed by atoms with van der Waals surface area (Å²) in [6, 6.07) is 0. The number of carbonyl (C=O) groups excluding carboxylic acids is 2. The first-order valence-electron chi connectivity index (χ1n) is 2.11. The molecule has 5 heteroatoms. The molecule has 52 valence electrons. The molecular weight excluding hydrogens is 148 g/mol. The summed E-state index contributed by atoms with van der Waals surface area (Å²) in [5, 5.41) is 0. The van der Waals surface area contributed by atoms with Gasteiger partial charge in [-0.05, 0) is 0 Å². The van der Waals surface area contributed by atoms with Gasteiger partial charge in [0.25, 0.3) is 0 Å². The maximum atomic E-state index is 11.5. The number of halogens is 2. The Labute approximate surface area is 56.4 Å². The number of alkyl halides is 1. The van der Waals surface area contributed by atoms with E-state index < -0.39 is 12.1 Å². The fraction of sp³-hybridized carbons (Fsp3) is 0.500. The molecule has 0 fully saturated rings. The van der Waals surface area contributed by atoms with E-state index in [4.69, 9.17) is 11.6 Å². The molecule has 0 aromatic rings. The van der Waals surface area contributed by atoms with E-state index in [0.29, 0.717) is 4.90 Å². The van der Waals surface area contributed by atoms with Gasteiger partial charge in [-0.2, -0.15) is 0 Å². The first kappa shape index (κ1) is 8.36.